The second-order valence-corrected chi connectivity index (χ2v) is 5.57. The summed E-state index contributed by atoms with van der Waals surface area (Å²) in [7, 11) is 0. The molecule has 2 N–H and O–H groups in total. The molecule has 2 aromatic heterocycles. The summed E-state index contributed by atoms with van der Waals surface area (Å²) in [6.45, 7) is 7.21. The number of piperazine rings is 1. The van der Waals surface area contributed by atoms with Gasteiger partial charge in [-0.3, -0.25) is 9.88 Å². The van der Waals surface area contributed by atoms with Crippen LogP contribution in [0.3, 0.4) is 0 Å². The van der Waals surface area contributed by atoms with E-state index in [0.29, 0.717) is 5.82 Å². The fourth-order valence-corrected chi connectivity index (χ4v) is 2.71. The molecule has 2 aromatic rings. The summed E-state index contributed by atoms with van der Waals surface area (Å²) in [6.07, 6.45) is 5.72. The van der Waals surface area contributed by atoms with Crippen molar-refractivity contribution in [2.45, 2.75) is 13.5 Å². The average molecular weight is 283 g/mol. The van der Waals surface area contributed by atoms with Crippen LogP contribution in [-0.4, -0.2) is 41.0 Å². The predicted molar refractivity (Wildman–Crippen MR) is 85.1 cm³/mol. The molecule has 5 nitrogen and oxygen atoms in total. The Morgan fingerprint density at radius 1 is 1.10 bits per heavy atom. The van der Waals surface area contributed by atoms with Crippen LogP contribution >= 0.6 is 0 Å². The van der Waals surface area contributed by atoms with Crippen molar-refractivity contribution in [1.82, 2.24) is 14.9 Å². The van der Waals surface area contributed by atoms with Crippen LogP contribution in [0.2, 0.25) is 0 Å². The van der Waals surface area contributed by atoms with E-state index in [1.807, 2.05) is 30.7 Å². The molecule has 0 aromatic carbocycles. The smallest absolute Gasteiger partial charge is 0.123 e. The summed E-state index contributed by atoms with van der Waals surface area (Å²) < 4.78 is 0. The third-order valence-electron chi connectivity index (χ3n) is 3.85. The first kappa shape index (κ1) is 13.8. The molecule has 0 aliphatic carbocycles. The van der Waals surface area contributed by atoms with Crippen LogP contribution in [0.15, 0.2) is 36.8 Å². The number of nitrogens with two attached hydrogens (primary N) is 1. The molecule has 1 aliphatic heterocycles. The Morgan fingerprint density at radius 3 is 2.57 bits per heavy atom. The standard InChI is InChI=1S/C16H21N5/c1-13-8-14(10-18-9-13)12-20-4-6-21(7-5-20)15-2-3-16(17)19-11-15/h2-3,8-11H,4-7,12H2,1H3,(H2,17,19). The van der Waals surface area contributed by atoms with E-state index in [2.05, 4.69) is 32.8 Å². The van der Waals surface area contributed by atoms with Gasteiger partial charge < -0.3 is 10.6 Å². The van der Waals surface area contributed by atoms with Gasteiger partial charge in [0.1, 0.15) is 5.82 Å². The Kier molecular flexibility index (Phi) is 4.01. The fourth-order valence-electron chi connectivity index (χ4n) is 2.71. The molecule has 0 radical (unpaired) electrons. The van der Waals surface area contributed by atoms with Gasteiger partial charge in [0.2, 0.25) is 0 Å². The van der Waals surface area contributed by atoms with Crippen molar-refractivity contribution < 1.29 is 0 Å². The molecule has 0 unspecified atom stereocenters. The summed E-state index contributed by atoms with van der Waals surface area (Å²) >= 11 is 0. The molecule has 1 saturated heterocycles. The van der Waals surface area contributed by atoms with Crippen LogP contribution in [0.25, 0.3) is 0 Å². The van der Waals surface area contributed by atoms with Gasteiger partial charge >= 0.3 is 0 Å². The molecule has 0 spiro atoms. The molecule has 110 valence electrons. The Hall–Kier alpha value is -2.14. The Bertz CT molecular complexity index is 588. The number of aryl methyl sites for hydroxylation is 1. The number of pyridine rings is 2. The quantitative estimate of drug-likeness (QED) is 0.929. The largest absolute Gasteiger partial charge is 0.384 e. The zero-order valence-electron chi connectivity index (χ0n) is 12.4. The minimum absolute atomic E-state index is 0.573. The summed E-state index contributed by atoms with van der Waals surface area (Å²) in [5.74, 6) is 0.573. The lowest BCUT2D eigenvalue weighted by Gasteiger charge is -2.35. The van der Waals surface area contributed by atoms with Crippen LogP contribution in [0.4, 0.5) is 11.5 Å². The number of hydrogen-bond acceptors (Lipinski definition) is 5. The van der Waals surface area contributed by atoms with Gasteiger partial charge in [-0.15, -0.1) is 0 Å². The first-order valence-corrected chi connectivity index (χ1v) is 7.30. The number of aromatic nitrogens is 2. The molecule has 1 fully saturated rings. The topological polar surface area (TPSA) is 58.3 Å². The first-order chi connectivity index (χ1) is 10.2. The number of nitrogens with zero attached hydrogens (tertiary/aromatic N) is 4. The van der Waals surface area contributed by atoms with Crippen LogP contribution in [0.5, 0.6) is 0 Å². The predicted octanol–water partition coefficient (Wildman–Crippen LogP) is 1.69. The Labute approximate surface area is 125 Å². The van der Waals surface area contributed by atoms with Gasteiger partial charge in [0.15, 0.2) is 0 Å². The molecule has 0 amide bonds. The SMILES string of the molecule is Cc1cncc(CN2CCN(c3ccc(N)nc3)CC2)c1. The third-order valence-corrected chi connectivity index (χ3v) is 3.85. The zero-order valence-corrected chi connectivity index (χ0v) is 12.4. The first-order valence-electron chi connectivity index (χ1n) is 7.30. The van der Waals surface area contributed by atoms with E-state index in [4.69, 9.17) is 5.73 Å². The van der Waals surface area contributed by atoms with Crippen LogP contribution < -0.4 is 10.6 Å². The van der Waals surface area contributed by atoms with Gasteiger partial charge in [0, 0.05) is 45.1 Å². The lowest BCUT2D eigenvalue weighted by atomic mass is 10.2. The highest BCUT2D eigenvalue weighted by molar-refractivity contribution is 5.48. The van der Waals surface area contributed by atoms with Crippen molar-refractivity contribution in [3.8, 4) is 0 Å². The van der Waals surface area contributed by atoms with E-state index in [9.17, 15) is 0 Å². The average Bonchev–Trinajstić information content (AvgIpc) is 2.49. The number of anilines is 2. The Morgan fingerprint density at radius 2 is 1.90 bits per heavy atom. The minimum atomic E-state index is 0.573. The van der Waals surface area contributed by atoms with Crippen molar-refractivity contribution in [3.05, 3.63) is 47.9 Å². The number of hydrogen-bond donors (Lipinski definition) is 1. The van der Waals surface area contributed by atoms with E-state index >= 15 is 0 Å². The Balaban J connectivity index is 1.56. The number of nitrogen functional groups attached to an aromatic ring is 1. The summed E-state index contributed by atoms with van der Waals surface area (Å²) in [4.78, 5) is 13.3. The normalized spacial score (nSPS) is 16.1. The zero-order chi connectivity index (χ0) is 14.7. The minimum Gasteiger partial charge on any atom is -0.384 e. The van der Waals surface area contributed by atoms with Crippen LogP contribution in [0.1, 0.15) is 11.1 Å². The molecule has 1 aliphatic rings. The molecule has 21 heavy (non-hydrogen) atoms. The highest BCUT2D eigenvalue weighted by Gasteiger charge is 2.17. The lowest BCUT2D eigenvalue weighted by molar-refractivity contribution is 0.249. The maximum Gasteiger partial charge on any atom is 0.123 e. The second-order valence-electron chi connectivity index (χ2n) is 5.57. The van der Waals surface area contributed by atoms with Crippen molar-refractivity contribution in [3.63, 3.8) is 0 Å². The van der Waals surface area contributed by atoms with Crippen LogP contribution in [-0.2, 0) is 6.54 Å². The van der Waals surface area contributed by atoms with Gasteiger partial charge in [0.05, 0.1) is 11.9 Å². The summed E-state index contributed by atoms with van der Waals surface area (Å²) in [5.41, 5.74) is 9.30. The van der Waals surface area contributed by atoms with Crippen molar-refractivity contribution in [1.29, 1.82) is 0 Å². The summed E-state index contributed by atoms with van der Waals surface area (Å²) in [6, 6.07) is 6.12. The molecule has 3 heterocycles. The molecule has 3 rings (SSSR count). The monoisotopic (exact) mass is 283 g/mol. The van der Waals surface area contributed by atoms with E-state index in [0.717, 1.165) is 38.4 Å². The third kappa shape index (κ3) is 3.49. The molecular weight excluding hydrogens is 262 g/mol. The molecule has 0 saturated carbocycles. The number of rotatable bonds is 3. The van der Waals surface area contributed by atoms with Gasteiger partial charge in [0.25, 0.3) is 0 Å². The second kappa shape index (κ2) is 6.10. The van der Waals surface area contributed by atoms with Crippen molar-refractivity contribution >= 4 is 11.5 Å². The molecule has 0 bridgehead atoms. The fraction of sp³-hybridized carbons (Fsp3) is 0.375. The highest BCUT2D eigenvalue weighted by Crippen LogP contribution is 2.17. The molecule has 5 heteroatoms. The van der Waals surface area contributed by atoms with E-state index in [1.165, 1.54) is 11.1 Å². The maximum atomic E-state index is 5.63. The van der Waals surface area contributed by atoms with Gasteiger partial charge in [-0.1, -0.05) is 6.07 Å². The van der Waals surface area contributed by atoms with E-state index in [1.54, 1.807) is 0 Å². The van der Waals surface area contributed by atoms with Gasteiger partial charge in [-0.2, -0.15) is 0 Å². The van der Waals surface area contributed by atoms with Crippen molar-refractivity contribution in [2.24, 2.45) is 0 Å². The highest BCUT2D eigenvalue weighted by atomic mass is 15.3. The molecule has 0 atom stereocenters. The van der Waals surface area contributed by atoms with Crippen LogP contribution in [0, 0.1) is 6.92 Å². The maximum absolute atomic E-state index is 5.63. The van der Waals surface area contributed by atoms with Gasteiger partial charge in [-0.05, 0) is 30.2 Å². The lowest BCUT2D eigenvalue weighted by Crippen LogP contribution is -2.46. The van der Waals surface area contributed by atoms with Gasteiger partial charge in [-0.25, -0.2) is 4.98 Å². The van der Waals surface area contributed by atoms with E-state index in [-0.39, 0.29) is 0 Å². The van der Waals surface area contributed by atoms with Crippen molar-refractivity contribution in [2.75, 3.05) is 36.8 Å². The molecular formula is C16H21N5. The van der Waals surface area contributed by atoms with E-state index < -0.39 is 0 Å². The summed E-state index contributed by atoms with van der Waals surface area (Å²) in [5, 5.41) is 0.